The van der Waals surface area contributed by atoms with Crippen LogP contribution in [0.1, 0.15) is 47.0 Å². The largest absolute Gasteiger partial charge is 0.462 e. The van der Waals surface area contributed by atoms with E-state index in [9.17, 15) is 19.2 Å². The van der Waals surface area contributed by atoms with Gasteiger partial charge in [0.1, 0.15) is 5.00 Å². The highest BCUT2D eigenvalue weighted by Gasteiger charge is 2.33. The fourth-order valence-electron chi connectivity index (χ4n) is 3.04. The van der Waals surface area contributed by atoms with Crippen LogP contribution in [0.5, 0.6) is 0 Å². The zero-order chi connectivity index (χ0) is 18.7. The molecule has 1 aromatic rings. The van der Waals surface area contributed by atoms with E-state index in [-0.39, 0.29) is 6.61 Å². The number of aliphatic imine (C=N–C) groups is 1. The summed E-state index contributed by atoms with van der Waals surface area (Å²) in [6.07, 6.45) is 5.99. The lowest BCUT2D eigenvalue weighted by Crippen LogP contribution is -2.56. The number of carbonyl (C=O) groups excluding carboxylic acids is 4. The van der Waals surface area contributed by atoms with Gasteiger partial charge in [-0.15, -0.1) is 11.3 Å². The van der Waals surface area contributed by atoms with Gasteiger partial charge in [0.2, 0.25) is 11.8 Å². The molecule has 1 saturated heterocycles. The lowest BCUT2D eigenvalue weighted by molar-refractivity contribution is -0.132. The number of amides is 4. The highest BCUT2D eigenvalue weighted by atomic mass is 32.1. The summed E-state index contributed by atoms with van der Waals surface area (Å²) in [5.74, 6) is -3.13. The Labute approximate surface area is 154 Å². The summed E-state index contributed by atoms with van der Waals surface area (Å²) in [4.78, 5) is 52.6. The van der Waals surface area contributed by atoms with Crippen LogP contribution in [0.15, 0.2) is 4.99 Å². The number of hydrogen-bond donors (Lipinski definition) is 2. The van der Waals surface area contributed by atoms with Crippen LogP contribution in [0.2, 0.25) is 0 Å². The number of rotatable bonds is 4. The van der Waals surface area contributed by atoms with Crippen LogP contribution in [0.25, 0.3) is 0 Å². The monoisotopic (exact) mass is 377 g/mol. The average molecular weight is 377 g/mol. The molecular weight excluding hydrogens is 358 g/mol. The number of esters is 1. The maximum absolute atomic E-state index is 12.4. The molecule has 1 aromatic heterocycles. The molecule has 0 unspecified atom stereocenters. The van der Waals surface area contributed by atoms with Crippen molar-refractivity contribution in [2.45, 2.75) is 39.0 Å². The summed E-state index contributed by atoms with van der Waals surface area (Å²) in [7, 11) is 0. The number of fused-ring (bicyclic) bond motifs is 1. The Balaban J connectivity index is 1.94. The van der Waals surface area contributed by atoms with Gasteiger partial charge in [-0.25, -0.2) is 14.6 Å². The topological polar surface area (TPSA) is 114 Å². The van der Waals surface area contributed by atoms with E-state index in [4.69, 9.17) is 4.74 Å². The fraction of sp³-hybridized carbons (Fsp3) is 0.471. The molecule has 0 spiro atoms. The zero-order valence-electron chi connectivity index (χ0n) is 14.3. The molecule has 0 aromatic carbocycles. The highest BCUT2D eigenvalue weighted by molar-refractivity contribution is 7.16. The van der Waals surface area contributed by atoms with Crippen molar-refractivity contribution in [1.82, 2.24) is 10.6 Å². The molecule has 0 saturated carbocycles. The Kier molecular flexibility index (Phi) is 5.46. The molecule has 138 valence electrons. The SMILES string of the molecule is CCOC(=O)c1c(/N=C/C2C(=O)NC(=O)NC2=O)sc2c1CCCCC2. The molecule has 8 nitrogen and oxygen atoms in total. The number of thiophene rings is 1. The third-order valence-corrected chi connectivity index (χ3v) is 5.46. The number of hydrogen-bond acceptors (Lipinski definition) is 7. The van der Waals surface area contributed by atoms with Gasteiger partial charge < -0.3 is 4.74 Å². The predicted octanol–water partition coefficient (Wildman–Crippen LogP) is 1.88. The molecule has 1 fully saturated rings. The average Bonchev–Trinajstić information content (AvgIpc) is 2.75. The number of imide groups is 2. The van der Waals surface area contributed by atoms with Crippen molar-refractivity contribution in [3.63, 3.8) is 0 Å². The second kappa shape index (κ2) is 7.77. The molecule has 3 rings (SSSR count). The first-order chi connectivity index (χ1) is 12.5. The molecule has 4 amide bonds. The van der Waals surface area contributed by atoms with Crippen LogP contribution in [0, 0.1) is 5.92 Å². The van der Waals surface area contributed by atoms with E-state index in [1.165, 1.54) is 17.6 Å². The van der Waals surface area contributed by atoms with Gasteiger partial charge in [0.15, 0.2) is 5.92 Å². The van der Waals surface area contributed by atoms with Crippen LogP contribution in [-0.4, -0.2) is 36.6 Å². The van der Waals surface area contributed by atoms with Crippen molar-refractivity contribution < 1.29 is 23.9 Å². The second-order valence-corrected chi connectivity index (χ2v) is 7.11. The quantitative estimate of drug-likeness (QED) is 0.360. The molecule has 0 radical (unpaired) electrons. The van der Waals surface area contributed by atoms with Gasteiger partial charge in [0, 0.05) is 11.1 Å². The van der Waals surface area contributed by atoms with Gasteiger partial charge in [0.05, 0.1) is 12.2 Å². The van der Waals surface area contributed by atoms with Gasteiger partial charge in [-0.1, -0.05) is 6.42 Å². The number of carbonyl (C=O) groups is 4. The molecule has 0 atom stereocenters. The molecule has 9 heteroatoms. The maximum Gasteiger partial charge on any atom is 0.341 e. The van der Waals surface area contributed by atoms with E-state index in [0.717, 1.165) is 42.5 Å². The Hall–Kier alpha value is -2.55. The molecule has 1 aliphatic carbocycles. The number of ether oxygens (including phenoxy) is 1. The minimum Gasteiger partial charge on any atom is -0.462 e. The van der Waals surface area contributed by atoms with Crippen LogP contribution >= 0.6 is 11.3 Å². The number of aryl methyl sites for hydroxylation is 1. The van der Waals surface area contributed by atoms with Crippen LogP contribution in [0.3, 0.4) is 0 Å². The third-order valence-electron chi connectivity index (χ3n) is 4.26. The van der Waals surface area contributed by atoms with E-state index in [2.05, 4.69) is 4.99 Å². The lowest BCUT2D eigenvalue weighted by Gasteiger charge is -2.16. The summed E-state index contributed by atoms with van der Waals surface area (Å²) in [5.41, 5.74) is 1.39. The molecular formula is C17H19N3O5S. The summed E-state index contributed by atoms with van der Waals surface area (Å²) in [6, 6.07) is -0.847. The Bertz CT molecular complexity index is 779. The van der Waals surface area contributed by atoms with Crippen molar-refractivity contribution in [2.75, 3.05) is 6.61 Å². The van der Waals surface area contributed by atoms with Gasteiger partial charge in [-0.2, -0.15) is 0 Å². The van der Waals surface area contributed by atoms with E-state index in [0.29, 0.717) is 10.6 Å². The van der Waals surface area contributed by atoms with Crippen molar-refractivity contribution in [1.29, 1.82) is 0 Å². The number of barbiturate groups is 1. The summed E-state index contributed by atoms with van der Waals surface area (Å²) >= 11 is 1.39. The van der Waals surface area contributed by atoms with Crippen LogP contribution in [-0.2, 0) is 27.2 Å². The van der Waals surface area contributed by atoms with E-state index in [1.807, 2.05) is 10.6 Å². The summed E-state index contributed by atoms with van der Waals surface area (Å²) < 4.78 is 5.17. The van der Waals surface area contributed by atoms with Gasteiger partial charge >= 0.3 is 12.0 Å². The molecule has 1 aliphatic heterocycles. The van der Waals surface area contributed by atoms with E-state index >= 15 is 0 Å². The van der Waals surface area contributed by atoms with E-state index in [1.54, 1.807) is 6.92 Å². The summed E-state index contributed by atoms with van der Waals surface area (Å²) in [6.45, 7) is 1.99. The van der Waals surface area contributed by atoms with Crippen LogP contribution < -0.4 is 10.6 Å². The lowest BCUT2D eigenvalue weighted by atomic mass is 10.1. The fourth-order valence-corrected chi connectivity index (χ4v) is 4.27. The minimum atomic E-state index is -1.22. The van der Waals surface area contributed by atoms with Crippen molar-refractivity contribution in [3.8, 4) is 0 Å². The van der Waals surface area contributed by atoms with Gasteiger partial charge in [-0.05, 0) is 38.2 Å². The zero-order valence-corrected chi connectivity index (χ0v) is 15.1. The number of nitrogens with one attached hydrogen (secondary N) is 2. The van der Waals surface area contributed by atoms with Crippen LogP contribution in [0.4, 0.5) is 9.80 Å². The van der Waals surface area contributed by atoms with Gasteiger partial charge in [0.25, 0.3) is 0 Å². The molecule has 26 heavy (non-hydrogen) atoms. The first kappa shape index (κ1) is 18.2. The molecule has 0 bridgehead atoms. The molecule has 2 heterocycles. The van der Waals surface area contributed by atoms with Crippen molar-refractivity contribution >= 4 is 46.4 Å². The number of nitrogens with zero attached hydrogens (tertiary/aromatic N) is 1. The Morgan fingerprint density at radius 1 is 1.19 bits per heavy atom. The Morgan fingerprint density at radius 3 is 2.58 bits per heavy atom. The van der Waals surface area contributed by atoms with Crippen molar-refractivity contribution in [3.05, 3.63) is 16.0 Å². The molecule has 2 aliphatic rings. The minimum absolute atomic E-state index is 0.252. The normalized spacial score (nSPS) is 18.3. The highest BCUT2D eigenvalue weighted by Crippen LogP contribution is 2.39. The van der Waals surface area contributed by atoms with Gasteiger partial charge in [-0.3, -0.25) is 20.2 Å². The second-order valence-electron chi connectivity index (χ2n) is 6.03. The first-order valence-corrected chi connectivity index (χ1v) is 9.34. The third kappa shape index (κ3) is 3.67. The molecule has 2 N–H and O–H groups in total. The maximum atomic E-state index is 12.4. The summed E-state index contributed by atoms with van der Waals surface area (Å²) in [5, 5.41) is 4.48. The van der Waals surface area contributed by atoms with Crippen molar-refractivity contribution in [2.24, 2.45) is 10.9 Å². The Morgan fingerprint density at radius 2 is 1.88 bits per heavy atom. The predicted molar refractivity (Wildman–Crippen MR) is 94.9 cm³/mol. The number of urea groups is 1. The van der Waals surface area contributed by atoms with E-state index < -0.39 is 29.7 Å². The smallest absolute Gasteiger partial charge is 0.341 e. The first-order valence-electron chi connectivity index (χ1n) is 8.52. The standard InChI is InChI=1S/C17H19N3O5S/c1-2-25-16(23)12-9-6-4-3-5-7-11(9)26-15(12)18-8-10-13(21)19-17(24)20-14(10)22/h8,10H,2-7H2,1H3,(H2,19,20,21,22,24)/b18-8+.